The van der Waals surface area contributed by atoms with Gasteiger partial charge in [0.15, 0.2) is 0 Å². The predicted octanol–water partition coefficient (Wildman–Crippen LogP) is 2.24. The Hall–Kier alpha value is -0.830. The maximum atomic E-state index is 11.7. The molecular formula is C14H26N2O. The Balaban J connectivity index is 2.29. The molecule has 0 heterocycles. The van der Waals surface area contributed by atoms with Gasteiger partial charge in [-0.15, -0.1) is 6.58 Å². The van der Waals surface area contributed by atoms with Crippen LogP contribution in [0.3, 0.4) is 0 Å². The van der Waals surface area contributed by atoms with Gasteiger partial charge in [-0.1, -0.05) is 19.9 Å². The molecule has 0 aromatic heterocycles. The molecule has 0 aromatic carbocycles. The molecule has 1 aliphatic carbocycles. The Labute approximate surface area is 105 Å². The van der Waals surface area contributed by atoms with Crippen LogP contribution >= 0.6 is 0 Å². The third-order valence-corrected chi connectivity index (χ3v) is 3.64. The van der Waals surface area contributed by atoms with Crippen LogP contribution in [-0.2, 0) is 4.79 Å². The average Bonchev–Trinajstić information content (AvgIpc) is 2.28. The first kappa shape index (κ1) is 14.2. The molecule has 0 aliphatic heterocycles. The Morgan fingerprint density at radius 2 is 2.06 bits per heavy atom. The monoisotopic (exact) mass is 238 g/mol. The first-order valence-corrected chi connectivity index (χ1v) is 6.59. The fourth-order valence-electron chi connectivity index (χ4n) is 2.32. The quantitative estimate of drug-likeness (QED) is 0.721. The van der Waals surface area contributed by atoms with Crippen molar-refractivity contribution in [2.75, 3.05) is 6.54 Å². The summed E-state index contributed by atoms with van der Waals surface area (Å²) in [4.78, 5) is 11.7. The molecule has 98 valence electrons. The molecule has 3 heteroatoms. The van der Waals surface area contributed by atoms with E-state index < -0.39 is 0 Å². The van der Waals surface area contributed by atoms with E-state index in [1.54, 1.807) is 6.08 Å². The lowest BCUT2D eigenvalue weighted by molar-refractivity contribution is -0.122. The topological polar surface area (TPSA) is 41.1 Å². The van der Waals surface area contributed by atoms with Gasteiger partial charge in [0.2, 0.25) is 5.91 Å². The first-order chi connectivity index (χ1) is 7.94. The molecule has 1 atom stereocenters. The zero-order valence-corrected chi connectivity index (χ0v) is 11.4. The second-order valence-electron chi connectivity index (χ2n) is 5.86. The average molecular weight is 238 g/mol. The van der Waals surface area contributed by atoms with Gasteiger partial charge in [-0.3, -0.25) is 4.79 Å². The summed E-state index contributed by atoms with van der Waals surface area (Å²) in [6.07, 6.45) is 6.53. The lowest BCUT2D eigenvalue weighted by atomic mass is 9.75. The first-order valence-electron chi connectivity index (χ1n) is 6.59. The second-order valence-corrected chi connectivity index (χ2v) is 5.86. The number of hydrogen-bond acceptors (Lipinski definition) is 2. The minimum Gasteiger partial charge on any atom is -0.351 e. The summed E-state index contributed by atoms with van der Waals surface area (Å²) in [6, 6.07) is 0.383. The van der Waals surface area contributed by atoms with Gasteiger partial charge >= 0.3 is 0 Å². The maximum absolute atomic E-state index is 11.7. The van der Waals surface area contributed by atoms with Gasteiger partial charge in [0.25, 0.3) is 0 Å². The van der Waals surface area contributed by atoms with Crippen molar-refractivity contribution in [2.45, 2.75) is 58.5 Å². The van der Waals surface area contributed by atoms with E-state index in [0.29, 0.717) is 18.0 Å². The van der Waals surface area contributed by atoms with E-state index in [-0.39, 0.29) is 11.9 Å². The summed E-state index contributed by atoms with van der Waals surface area (Å²) < 4.78 is 0. The van der Waals surface area contributed by atoms with E-state index in [2.05, 4.69) is 31.1 Å². The Bertz CT molecular complexity index is 263. The van der Waals surface area contributed by atoms with Gasteiger partial charge in [0.05, 0.1) is 6.04 Å². The number of hydrogen-bond donors (Lipinski definition) is 2. The van der Waals surface area contributed by atoms with Gasteiger partial charge in [0.1, 0.15) is 0 Å². The Morgan fingerprint density at radius 3 is 2.59 bits per heavy atom. The zero-order valence-electron chi connectivity index (χ0n) is 11.4. The number of carbonyl (C=O) groups is 1. The SMILES string of the molecule is C=CCNC(=O)C(C)NC1CCC(C)(C)CC1. The van der Waals surface area contributed by atoms with Crippen molar-refractivity contribution in [3.8, 4) is 0 Å². The van der Waals surface area contributed by atoms with Crippen molar-refractivity contribution in [3.05, 3.63) is 12.7 Å². The van der Waals surface area contributed by atoms with E-state index in [4.69, 9.17) is 0 Å². The van der Waals surface area contributed by atoms with Crippen LogP contribution in [0.4, 0.5) is 0 Å². The van der Waals surface area contributed by atoms with Crippen LogP contribution in [0.25, 0.3) is 0 Å². The third kappa shape index (κ3) is 4.90. The molecule has 0 bridgehead atoms. The van der Waals surface area contributed by atoms with Crippen LogP contribution in [-0.4, -0.2) is 24.5 Å². The van der Waals surface area contributed by atoms with Crippen LogP contribution in [0, 0.1) is 5.41 Å². The second kappa shape index (κ2) is 6.20. The van der Waals surface area contributed by atoms with Crippen molar-refractivity contribution in [1.82, 2.24) is 10.6 Å². The maximum Gasteiger partial charge on any atom is 0.237 e. The molecule has 1 fully saturated rings. The van der Waals surface area contributed by atoms with Crippen LogP contribution in [0.15, 0.2) is 12.7 Å². The minimum atomic E-state index is -0.110. The third-order valence-electron chi connectivity index (χ3n) is 3.64. The number of rotatable bonds is 5. The van der Waals surface area contributed by atoms with Crippen LogP contribution < -0.4 is 10.6 Å². The molecule has 2 N–H and O–H groups in total. The largest absolute Gasteiger partial charge is 0.351 e. The van der Waals surface area contributed by atoms with Crippen molar-refractivity contribution in [1.29, 1.82) is 0 Å². The van der Waals surface area contributed by atoms with Crippen molar-refractivity contribution < 1.29 is 4.79 Å². The highest BCUT2D eigenvalue weighted by atomic mass is 16.2. The summed E-state index contributed by atoms with van der Waals surface area (Å²) in [6.45, 7) is 10.7. The van der Waals surface area contributed by atoms with Crippen LogP contribution in [0.5, 0.6) is 0 Å². The molecule has 1 saturated carbocycles. The molecular weight excluding hydrogens is 212 g/mol. The molecule has 0 saturated heterocycles. The number of amides is 1. The zero-order chi connectivity index (χ0) is 12.9. The van der Waals surface area contributed by atoms with E-state index in [1.807, 2.05) is 6.92 Å². The summed E-state index contributed by atoms with van der Waals surface area (Å²) in [7, 11) is 0. The van der Waals surface area contributed by atoms with Gasteiger partial charge in [-0.2, -0.15) is 0 Å². The lowest BCUT2D eigenvalue weighted by Gasteiger charge is -2.35. The smallest absolute Gasteiger partial charge is 0.237 e. The van der Waals surface area contributed by atoms with Crippen molar-refractivity contribution in [3.63, 3.8) is 0 Å². The molecule has 1 rings (SSSR count). The molecule has 1 aliphatic rings. The standard InChI is InChI=1S/C14H26N2O/c1-5-10-15-13(17)11(2)16-12-6-8-14(3,4)9-7-12/h5,11-12,16H,1,6-10H2,2-4H3,(H,15,17). The summed E-state index contributed by atoms with van der Waals surface area (Å²) in [5, 5.41) is 6.24. The van der Waals surface area contributed by atoms with Gasteiger partial charge in [-0.25, -0.2) is 0 Å². The molecule has 0 radical (unpaired) electrons. The fourth-order valence-corrected chi connectivity index (χ4v) is 2.32. The molecule has 0 aromatic rings. The molecule has 3 nitrogen and oxygen atoms in total. The Kier molecular flexibility index (Phi) is 5.19. The van der Waals surface area contributed by atoms with Gasteiger partial charge in [0, 0.05) is 12.6 Å². The molecule has 1 unspecified atom stereocenters. The lowest BCUT2D eigenvalue weighted by Crippen LogP contribution is -2.48. The molecule has 0 spiro atoms. The van der Waals surface area contributed by atoms with E-state index in [0.717, 1.165) is 0 Å². The predicted molar refractivity (Wildman–Crippen MR) is 71.8 cm³/mol. The van der Waals surface area contributed by atoms with Crippen molar-refractivity contribution >= 4 is 5.91 Å². The number of nitrogens with one attached hydrogen (secondary N) is 2. The van der Waals surface area contributed by atoms with Crippen LogP contribution in [0.1, 0.15) is 46.5 Å². The molecule has 17 heavy (non-hydrogen) atoms. The van der Waals surface area contributed by atoms with Gasteiger partial charge < -0.3 is 10.6 Å². The summed E-state index contributed by atoms with van der Waals surface area (Å²) >= 11 is 0. The highest BCUT2D eigenvalue weighted by molar-refractivity contribution is 5.81. The fraction of sp³-hybridized carbons (Fsp3) is 0.786. The molecule has 1 amide bonds. The normalized spacial score (nSPS) is 21.8. The summed E-state index contributed by atoms with van der Waals surface area (Å²) in [5.74, 6) is 0.0646. The van der Waals surface area contributed by atoms with E-state index in [9.17, 15) is 4.79 Å². The minimum absolute atomic E-state index is 0.0646. The Morgan fingerprint density at radius 1 is 1.47 bits per heavy atom. The highest BCUT2D eigenvalue weighted by Gasteiger charge is 2.28. The summed E-state index contributed by atoms with van der Waals surface area (Å²) in [5.41, 5.74) is 0.479. The highest BCUT2D eigenvalue weighted by Crippen LogP contribution is 2.35. The number of carbonyl (C=O) groups excluding carboxylic acids is 1. The van der Waals surface area contributed by atoms with E-state index >= 15 is 0 Å². The van der Waals surface area contributed by atoms with Crippen molar-refractivity contribution in [2.24, 2.45) is 5.41 Å². The van der Waals surface area contributed by atoms with Gasteiger partial charge in [-0.05, 0) is 38.0 Å². The van der Waals surface area contributed by atoms with E-state index in [1.165, 1.54) is 25.7 Å². The van der Waals surface area contributed by atoms with Crippen LogP contribution in [0.2, 0.25) is 0 Å².